The van der Waals surface area contributed by atoms with Crippen LogP contribution in [0.5, 0.6) is 0 Å². The van der Waals surface area contributed by atoms with Crippen LogP contribution in [-0.4, -0.2) is 18.5 Å². The van der Waals surface area contributed by atoms with Gasteiger partial charge in [0.2, 0.25) is 0 Å². The molecule has 2 heteroatoms. The monoisotopic (exact) mass is 177 g/mol. The molecule has 0 rings (SSSR count). The summed E-state index contributed by atoms with van der Waals surface area (Å²) in [5.41, 5.74) is 0. The van der Waals surface area contributed by atoms with E-state index in [1.807, 2.05) is 0 Å². The van der Waals surface area contributed by atoms with Gasteiger partial charge in [0.1, 0.15) is 0 Å². The van der Waals surface area contributed by atoms with Crippen molar-refractivity contribution in [3.05, 3.63) is 0 Å². The molecule has 0 aliphatic rings. The number of hydrogen-bond donors (Lipinski definition) is 1. The smallest absolute Gasteiger partial charge is 0.0379 e. The largest absolute Gasteiger partial charge is 0.313 e. The molecular formula is C9H20ClN. The lowest BCUT2D eigenvalue weighted by Crippen LogP contribution is -2.35. The fourth-order valence-corrected chi connectivity index (χ4v) is 1.40. The summed E-state index contributed by atoms with van der Waals surface area (Å²) in [4.78, 5) is 0. The fraction of sp³-hybridized carbons (Fsp3) is 1.00. The molecule has 0 aromatic heterocycles. The number of nitrogens with one attached hydrogen (secondary N) is 1. The van der Waals surface area contributed by atoms with Crippen LogP contribution in [0.25, 0.3) is 0 Å². The Balaban J connectivity index is 3.36. The Hall–Kier alpha value is 0.250. The van der Waals surface area contributed by atoms with Gasteiger partial charge in [0.05, 0.1) is 0 Å². The average Bonchev–Trinajstić information content (AvgIpc) is 1.97. The van der Waals surface area contributed by atoms with E-state index in [-0.39, 0.29) is 0 Å². The Bertz CT molecular complexity index is 83.6. The number of halogens is 1. The SMILES string of the molecule is CCCCNC(CCl)C(C)C. The van der Waals surface area contributed by atoms with Crippen LogP contribution in [0, 0.1) is 5.92 Å². The van der Waals surface area contributed by atoms with Gasteiger partial charge in [0.25, 0.3) is 0 Å². The summed E-state index contributed by atoms with van der Waals surface area (Å²) in [5, 5.41) is 3.44. The zero-order valence-electron chi connectivity index (χ0n) is 7.86. The lowest BCUT2D eigenvalue weighted by molar-refractivity contribution is 0.427. The molecule has 1 N–H and O–H groups in total. The highest BCUT2D eigenvalue weighted by Gasteiger charge is 2.09. The van der Waals surface area contributed by atoms with Gasteiger partial charge in [-0.1, -0.05) is 27.2 Å². The van der Waals surface area contributed by atoms with E-state index in [9.17, 15) is 0 Å². The molecule has 0 saturated heterocycles. The molecule has 0 spiro atoms. The third-order valence-electron chi connectivity index (χ3n) is 1.91. The van der Waals surface area contributed by atoms with E-state index in [0.29, 0.717) is 12.0 Å². The van der Waals surface area contributed by atoms with Crippen LogP contribution in [0.15, 0.2) is 0 Å². The maximum atomic E-state index is 5.78. The lowest BCUT2D eigenvalue weighted by atomic mass is 10.1. The minimum atomic E-state index is 0.489. The molecule has 0 aliphatic carbocycles. The number of alkyl halides is 1. The van der Waals surface area contributed by atoms with E-state index >= 15 is 0 Å². The first-order valence-electron chi connectivity index (χ1n) is 4.51. The second kappa shape index (κ2) is 6.93. The van der Waals surface area contributed by atoms with Gasteiger partial charge in [0, 0.05) is 11.9 Å². The summed E-state index contributed by atoms with van der Waals surface area (Å²) < 4.78 is 0. The molecule has 0 fully saturated rings. The highest BCUT2D eigenvalue weighted by atomic mass is 35.5. The molecule has 0 bridgehead atoms. The zero-order valence-corrected chi connectivity index (χ0v) is 8.62. The fourth-order valence-electron chi connectivity index (χ4n) is 0.933. The van der Waals surface area contributed by atoms with Crippen LogP contribution >= 0.6 is 11.6 Å². The summed E-state index contributed by atoms with van der Waals surface area (Å²) in [6.45, 7) is 7.71. The van der Waals surface area contributed by atoms with Gasteiger partial charge in [-0.3, -0.25) is 0 Å². The van der Waals surface area contributed by atoms with E-state index in [0.717, 1.165) is 12.4 Å². The summed E-state index contributed by atoms with van der Waals surface area (Å²) in [5.74, 6) is 1.37. The first-order chi connectivity index (χ1) is 5.22. The van der Waals surface area contributed by atoms with E-state index in [4.69, 9.17) is 11.6 Å². The average molecular weight is 178 g/mol. The van der Waals surface area contributed by atoms with Crippen molar-refractivity contribution in [1.29, 1.82) is 0 Å². The van der Waals surface area contributed by atoms with Gasteiger partial charge < -0.3 is 5.32 Å². The topological polar surface area (TPSA) is 12.0 Å². The Morgan fingerprint density at radius 2 is 2.00 bits per heavy atom. The van der Waals surface area contributed by atoms with Crippen molar-refractivity contribution in [2.75, 3.05) is 12.4 Å². The van der Waals surface area contributed by atoms with Crippen LogP contribution in [0.3, 0.4) is 0 Å². The number of hydrogen-bond acceptors (Lipinski definition) is 1. The Kier molecular flexibility index (Phi) is 7.09. The highest BCUT2D eigenvalue weighted by Crippen LogP contribution is 2.03. The van der Waals surface area contributed by atoms with Gasteiger partial charge >= 0.3 is 0 Å². The summed E-state index contributed by atoms with van der Waals surface area (Å²) in [6.07, 6.45) is 2.50. The molecule has 0 heterocycles. The molecular weight excluding hydrogens is 158 g/mol. The summed E-state index contributed by atoms with van der Waals surface area (Å²) in [6, 6.07) is 0.489. The third-order valence-corrected chi connectivity index (χ3v) is 2.24. The quantitative estimate of drug-likeness (QED) is 0.486. The van der Waals surface area contributed by atoms with Gasteiger partial charge in [-0.25, -0.2) is 0 Å². The van der Waals surface area contributed by atoms with Gasteiger partial charge in [-0.2, -0.15) is 0 Å². The van der Waals surface area contributed by atoms with Crippen molar-refractivity contribution in [2.45, 2.75) is 39.7 Å². The predicted octanol–water partition coefficient (Wildman–Crippen LogP) is 2.64. The zero-order chi connectivity index (χ0) is 8.69. The van der Waals surface area contributed by atoms with Crippen LogP contribution in [-0.2, 0) is 0 Å². The standard InChI is InChI=1S/C9H20ClN/c1-4-5-6-11-9(7-10)8(2)3/h8-9,11H,4-7H2,1-3H3. The Morgan fingerprint density at radius 1 is 1.36 bits per heavy atom. The first-order valence-corrected chi connectivity index (χ1v) is 5.05. The van der Waals surface area contributed by atoms with Crippen LogP contribution in [0.4, 0.5) is 0 Å². The molecule has 0 radical (unpaired) electrons. The molecule has 1 atom stereocenters. The molecule has 1 unspecified atom stereocenters. The van der Waals surface area contributed by atoms with Gasteiger partial charge in [-0.05, 0) is 18.9 Å². The molecule has 11 heavy (non-hydrogen) atoms. The third kappa shape index (κ3) is 5.51. The molecule has 68 valence electrons. The first kappa shape index (κ1) is 11.2. The van der Waals surface area contributed by atoms with Crippen LogP contribution in [0.2, 0.25) is 0 Å². The molecule has 1 nitrogen and oxygen atoms in total. The molecule has 0 aromatic rings. The summed E-state index contributed by atoms with van der Waals surface area (Å²) in [7, 11) is 0. The maximum absolute atomic E-state index is 5.78. The van der Waals surface area contributed by atoms with Crippen LogP contribution in [0.1, 0.15) is 33.6 Å². The maximum Gasteiger partial charge on any atom is 0.0379 e. The molecule has 0 aliphatic heterocycles. The van der Waals surface area contributed by atoms with Crippen molar-refractivity contribution in [3.63, 3.8) is 0 Å². The summed E-state index contributed by atoms with van der Waals surface area (Å²) >= 11 is 5.78. The minimum absolute atomic E-state index is 0.489. The van der Waals surface area contributed by atoms with Gasteiger partial charge in [0.15, 0.2) is 0 Å². The Morgan fingerprint density at radius 3 is 2.36 bits per heavy atom. The highest BCUT2D eigenvalue weighted by molar-refractivity contribution is 6.18. The van der Waals surface area contributed by atoms with Gasteiger partial charge in [-0.15, -0.1) is 11.6 Å². The molecule has 0 amide bonds. The second-order valence-electron chi connectivity index (χ2n) is 3.31. The van der Waals surface area contributed by atoms with Crippen molar-refractivity contribution < 1.29 is 0 Å². The van der Waals surface area contributed by atoms with E-state index in [1.165, 1.54) is 12.8 Å². The normalized spacial score (nSPS) is 13.9. The number of unbranched alkanes of at least 4 members (excludes halogenated alkanes) is 1. The minimum Gasteiger partial charge on any atom is -0.313 e. The predicted molar refractivity (Wildman–Crippen MR) is 52.3 cm³/mol. The van der Waals surface area contributed by atoms with Crippen molar-refractivity contribution in [3.8, 4) is 0 Å². The molecule has 0 saturated carbocycles. The van der Waals surface area contributed by atoms with Crippen molar-refractivity contribution >= 4 is 11.6 Å². The van der Waals surface area contributed by atoms with E-state index in [1.54, 1.807) is 0 Å². The lowest BCUT2D eigenvalue weighted by Gasteiger charge is -2.19. The van der Waals surface area contributed by atoms with Crippen molar-refractivity contribution in [1.82, 2.24) is 5.32 Å². The number of rotatable bonds is 6. The van der Waals surface area contributed by atoms with E-state index in [2.05, 4.69) is 26.1 Å². The van der Waals surface area contributed by atoms with Crippen molar-refractivity contribution in [2.24, 2.45) is 5.92 Å². The molecule has 0 aromatic carbocycles. The second-order valence-corrected chi connectivity index (χ2v) is 3.62. The van der Waals surface area contributed by atoms with Crippen LogP contribution < -0.4 is 5.32 Å². The Labute approximate surface area is 75.5 Å². The van der Waals surface area contributed by atoms with E-state index < -0.39 is 0 Å².